The van der Waals surface area contributed by atoms with Crippen LogP contribution in [0.3, 0.4) is 0 Å². The Morgan fingerprint density at radius 3 is 2.89 bits per heavy atom. The lowest BCUT2D eigenvalue weighted by Crippen LogP contribution is -2.29. The number of halogens is 1. The third-order valence-corrected chi connectivity index (χ3v) is 5.34. The summed E-state index contributed by atoms with van der Waals surface area (Å²) in [4.78, 5) is -0.183. The maximum atomic E-state index is 13.4. The maximum absolute atomic E-state index is 13.4. The molecule has 1 atom stereocenters. The van der Waals surface area contributed by atoms with E-state index in [9.17, 15) is 12.8 Å². The Morgan fingerprint density at radius 2 is 2.21 bits per heavy atom. The molecule has 0 amide bonds. The lowest BCUT2D eigenvalue weighted by molar-refractivity contribution is 0.259. The predicted molar refractivity (Wildman–Crippen MR) is 69.4 cm³/mol. The van der Waals surface area contributed by atoms with Gasteiger partial charge in [0.05, 0.1) is 5.69 Å². The van der Waals surface area contributed by atoms with Crippen LogP contribution in [0.5, 0.6) is 0 Å². The van der Waals surface area contributed by atoms with Crippen molar-refractivity contribution in [3.05, 3.63) is 24.0 Å². The molecule has 1 aliphatic rings. The summed E-state index contributed by atoms with van der Waals surface area (Å²) in [5.74, 6) is -0.582. The van der Waals surface area contributed by atoms with Gasteiger partial charge in [-0.3, -0.25) is 0 Å². The first kappa shape index (κ1) is 14.2. The summed E-state index contributed by atoms with van der Waals surface area (Å²) in [7, 11) is -3.76. The zero-order chi connectivity index (χ0) is 14.0. The molecule has 3 N–H and O–H groups in total. The SMILES string of the molecule is Nc1c(F)cccc1S(=O)(=O)N1CCC(CCO)C1. The minimum atomic E-state index is -3.76. The summed E-state index contributed by atoms with van der Waals surface area (Å²) in [5, 5.41) is 8.88. The van der Waals surface area contributed by atoms with Crippen LogP contribution < -0.4 is 5.73 Å². The first-order chi connectivity index (χ1) is 8.96. The second-order valence-corrected chi connectivity index (χ2v) is 6.59. The van der Waals surface area contributed by atoms with Crippen LogP contribution in [0, 0.1) is 11.7 Å². The van der Waals surface area contributed by atoms with E-state index in [0.29, 0.717) is 25.9 Å². The number of sulfonamides is 1. The summed E-state index contributed by atoms with van der Waals surface area (Å²) in [6.07, 6.45) is 1.28. The van der Waals surface area contributed by atoms with Crippen molar-refractivity contribution >= 4 is 15.7 Å². The summed E-state index contributed by atoms with van der Waals surface area (Å²) in [6, 6.07) is 3.78. The molecule has 0 saturated carbocycles. The van der Waals surface area contributed by atoms with E-state index in [4.69, 9.17) is 10.8 Å². The number of nitrogens with zero attached hydrogens (tertiary/aromatic N) is 1. The normalized spacial score (nSPS) is 20.8. The first-order valence-corrected chi connectivity index (χ1v) is 7.56. The number of aliphatic hydroxyl groups is 1. The van der Waals surface area contributed by atoms with E-state index in [1.165, 1.54) is 16.4 Å². The molecular weight excluding hydrogens is 271 g/mol. The van der Waals surface area contributed by atoms with E-state index in [1.54, 1.807) is 0 Å². The van der Waals surface area contributed by atoms with Gasteiger partial charge < -0.3 is 10.8 Å². The molecule has 0 aliphatic carbocycles. The molecule has 7 heteroatoms. The molecule has 0 radical (unpaired) electrons. The molecule has 1 heterocycles. The number of nitrogens with two attached hydrogens (primary N) is 1. The van der Waals surface area contributed by atoms with E-state index in [0.717, 1.165) is 6.07 Å². The van der Waals surface area contributed by atoms with Crippen LogP contribution in [0.4, 0.5) is 10.1 Å². The van der Waals surface area contributed by atoms with Gasteiger partial charge in [-0.25, -0.2) is 12.8 Å². The van der Waals surface area contributed by atoms with Gasteiger partial charge in [-0.2, -0.15) is 4.31 Å². The van der Waals surface area contributed by atoms with Crippen molar-refractivity contribution in [3.8, 4) is 0 Å². The van der Waals surface area contributed by atoms with Crippen LogP contribution in [-0.2, 0) is 10.0 Å². The summed E-state index contributed by atoms with van der Waals surface area (Å²) in [5.41, 5.74) is 5.17. The average molecular weight is 288 g/mol. The molecule has 0 bridgehead atoms. The fourth-order valence-electron chi connectivity index (χ4n) is 2.31. The van der Waals surface area contributed by atoms with E-state index < -0.39 is 15.8 Å². The van der Waals surface area contributed by atoms with Crippen molar-refractivity contribution in [2.75, 3.05) is 25.4 Å². The average Bonchev–Trinajstić information content (AvgIpc) is 2.82. The summed E-state index contributed by atoms with van der Waals surface area (Å²) in [6.45, 7) is 0.766. The molecule has 106 valence electrons. The second kappa shape index (κ2) is 5.44. The number of rotatable bonds is 4. The van der Waals surface area contributed by atoms with Crippen LogP contribution in [-0.4, -0.2) is 37.5 Å². The topological polar surface area (TPSA) is 83.6 Å². The molecule has 1 aromatic rings. The standard InChI is InChI=1S/C12H17FN2O3S/c13-10-2-1-3-11(12(10)14)19(17,18)15-6-4-9(8-15)5-7-16/h1-3,9,16H,4-8,14H2. The fourth-order valence-corrected chi connectivity index (χ4v) is 3.97. The zero-order valence-corrected chi connectivity index (χ0v) is 11.2. The second-order valence-electron chi connectivity index (χ2n) is 4.68. The Balaban J connectivity index is 2.26. The van der Waals surface area contributed by atoms with E-state index in [1.807, 2.05) is 0 Å². The smallest absolute Gasteiger partial charge is 0.245 e. The highest BCUT2D eigenvalue weighted by atomic mass is 32.2. The van der Waals surface area contributed by atoms with Gasteiger partial charge in [0, 0.05) is 19.7 Å². The molecule has 5 nitrogen and oxygen atoms in total. The molecule has 1 aromatic carbocycles. The van der Waals surface area contributed by atoms with Crippen molar-refractivity contribution in [2.45, 2.75) is 17.7 Å². The van der Waals surface area contributed by atoms with Gasteiger partial charge in [-0.05, 0) is 30.9 Å². The van der Waals surface area contributed by atoms with Crippen LogP contribution in [0.2, 0.25) is 0 Å². The first-order valence-electron chi connectivity index (χ1n) is 6.12. The Bertz CT molecular complexity index is 562. The van der Waals surface area contributed by atoms with Crippen LogP contribution in [0.15, 0.2) is 23.1 Å². The molecule has 1 unspecified atom stereocenters. The highest BCUT2D eigenvalue weighted by molar-refractivity contribution is 7.89. The minimum Gasteiger partial charge on any atom is -0.396 e. The number of para-hydroxylation sites is 1. The van der Waals surface area contributed by atoms with Crippen molar-refractivity contribution in [2.24, 2.45) is 5.92 Å². The van der Waals surface area contributed by atoms with Crippen LogP contribution in [0.1, 0.15) is 12.8 Å². The number of anilines is 1. The summed E-state index contributed by atoms with van der Waals surface area (Å²) >= 11 is 0. The minimum absolute atomic E-state index is 0.0423. The zero-order valence-electron chi connectivity index (χ0n) is 10.4. The van der Waals surface area contributed by atoms with Crippen LogP contribution in [0.25, 0.3) is 0 Å². The van der Waals surface area contributed by atoms with Crippen molar-refractivity contribution in [3.63, 3.8) is 0 Å². The third kappa shape index (κ3) is 2.72. The summed E-state index contributed by atoms with van der Waals surface area (Å²) < 4.78 is 39.4. The monoisotopic (exact) mass is 288 g/mol. The molecule has 2 rings (SSSR count). The Labute approximate surface area is 111 Å². The van der Waals surface area contributed by atoms with Gasteiger partial charge in [-0.1, -0.05) is 6.07 Å². The lowest BCUT2D eigenvalue weighted by atomic mass is 10.1. The highest BCUT2D eigenvalue weighted by Crippen LogP contribution is 2.29. The molecule has 1 fully saturated rings. The number of hydrogen-bond donors (Lipinski definition) is 2. The number of nitrogen functional groups attached to an aromatic ring is 1. The van der Waals surface area contributed by atoms with Gasteiger partial charge >= 0.3 is 0 Å². The number of benzene rings is 1. The van der Waals surface area contributed by atoms with Gasteiger partial charge in [0.1, 0.15) is 10.7 Å². The van der Waals surface area contributed by atoms with E-state index >= 15 is 0 Å². The van der Waals surface area contributed by atoms with Gasteiger partial charge in [0.25, 0.3) is 0 Å². The molecule has 0 spiro atoms. The maximum Gasteiger partial charge on any atom is 0.245 e. The van der Waals surface area contributed by atoms with Crippen LogP contribution >= 0.6 is 0 Å². The molecular formula is C12H17FN2O3S. The Morgan fingerprint density at radius 1 is 1.47 bits per heavy atom. The largest absolute Gasteiger partial charge is 0.396 e. The van der Waals surface area contributed by atoms with Gasteiger partial charge in [0.15, 0.2) is 0 Å². The number of aliphatic hydroxyl groups excluding tert-OH is 1. The lowest BCUT2D eigenvalue weighted by Gasteiger charge is -2.17. The molecule has 19 heavy (non-hydrogen) atoms. The van der Waals surface area contributed by atoms with E-state index in [-0.39, 0.29) is 23.1 Å². The molecule has 1 saturated heterocycles. The Hall–Kier alpha value is -1.18. The quantitative estimate of drug-likeness (QED) is 0.803. The van der Waals surface area contributed by atoms with Crippen molar-refractivity contribution in [1.82, 2.24) is 4.31 Å². The van der Waals surface area contributed by atoms with Crippen molar-refractivity contribution < 1.29 is 17.9 Å². The fraction of sp³-hybridized carbons (Fsp3) is 0.500. The third-order valence-electron chi connectivity index (χ3n) is 3.42. The van der Waals surface area contributed by atoms with Gasteiger partial charge in [0.2, 0.25) is 10.0 Å². The molecule has 0 aromatic heterocycles. The molecule has 1 aliphatic heterocycles. The number of hydrogen-bond acceptors (Lipinski definition) is 4. The predicted octanol–water partition coefficient (Wildman–Crippen LogP) is 0.801. The highest BCUT2D eigenvalue weighted by Gasteiger charge is 2.33. The van der Waals surface area contributed by atoms with Gasteiger partial charge in [-0.15, -0.1) is 0 Å². The van der Waals surface area contributed by atoms with Crippen molar-refractivity contribution in [1.29, 1.82) is 0 Å². The Kier molecular flexibility index (Phi) is 4.07. The van der Waals surface area contributed by atoms with E-state index in [2.05, 4.69) is 0 Å².